The molecule has 0 amide bonds. The Bertz CT molecular complexity index is 1140. The highest BCUT2D eigenvalue weighted by atomic mass is 16.1. The molecular formula is C22H29N5O. The van der Waals surface area contributed by atoms with Gasteiger partial charge in [-0.05, 0) is 45.6 Å². The second kappa shape index (κ2) is 6.48. The van der Waals surface area contributed by atoms with E-state index in [2.05, 4.69) is 60.8 Å². The summed E-state index contributed by atoms with van der Waals surface area (Å²) in [6.45, 7) is 8.35. The molecule has 3 unspecified atom stereocenters. The number of imidazole rings is 1. The van der Waals surface area contributed by atoms with Crippen LogP contribution in [0.15, 0.2) is 34.2 Å². The minimum absolute atomic E-state index is 0.0275. The van der Waals surface area contributed by atoms with E-state index in [9.17, 15) is 4.79 Å². The standard InChI is InChI=1S/C22H29N5O/c1-13(2)27-17-10-9-16(12-18(17)26(5)21(27)28)22(4)19(24-25-20(22)23)15-8-6-7-14(3)11-15/h6-8,10-13,16,20,25H,9,23H2,1-5H3. The van der Waals surface area contributed by atoms with Crippen LogP contribution in [-0.2, 0) is 7.05 Å². The van der Waals surface area contributed by atoms with Gasteiger partial charge in [0, 0.05) is 13.1 Å². The lowest BCUT2D eigenvalue weighted by atomic mass is 9.67. The number of fused-ring (bicyclic) bond motifs is 1. The maximum atomic E-state index is 12.7. The average molecular weight is 380 g/mol. The summed E-state index contributed by atoms with van der Waals surface area (Å²) in [6, 6.07) is 8.51. The zero-order valence-corrected chi connectivity index (χ0v) is 17.2. The summed E-state index contributed by atoms with van der Waals surface area (Å²) in [5.74, 6) is 0.137. The molecule has 0 radical (unpaired) electrons. The van der Waals surface area contributed by atoms with E-state index in [-0.39, 0.29) is 29.2 Å². The molecule has 6 nitrogen and oxygen atoms in total. The molecule has 1 aromatic heterocycles. The summed E-state index contributed by atoms with van der Waals surface area (Å²) < 4.78 is 3.62. The molecule has 0 spiro atoms. The molecule has 3 N–H and O–H groups in total. The fraction of sp³-hybridized carbons (Fsp3) is 0.455. The molecule has 3 atom stereocenters. The van der Waals surface area contributed by atoms with Crippen LogP contribution >= 0.6 is 0 Å². The summed E-state index contributed by atoms with van der Waals surface area (Å²) in [5.41, 5.74) is 12.5. The lowest BCUT2D eigenvalue weighted by Gasteiger charge is -2.37. The van der Waals surface area contributed by atoms with Crippen LogP contribution in [0.4, 0.5) is 0 Å². The second-order valence-electron chi connectivity index (χ2n) is 8.51. The highest BCUT2D eigenvalue weighted by Gasteiger charge is 2.47. The molecule has 2 aliphatic rings. The molecule has 4 rings (SSSR count). The fourth-order valence-electron chi connectivity index (χ4n) is 4.59. The summed E-state index contributed by atoms with van der Waals surface area (Å²) in [5, 5.41) is 6.60. The van der Waals surface area contributed by atoms with E-state index in [4.69, 9.17) is 5.73 Å². The van der Waals surface area contributed by atoms with Gasteiger partial charge in [-0.2, -0.15) is 5.10 Å². The number of aromatic nitrogens is 2. The smallest absolute Gasteiger partial charge is 0.309 e. The van der Waals surface area contributed by atoms with E-state index in [1.807, 2.05) is 25.5 Å². The van der Waals surface area contributed by atoms with Crippen molar-refractivity contribution in [1.82, 2.24) is 14.6 Å². The molecule has 2 heterocycles. The van der Waals surface area contributed by atoms with Gasteiger partial charge in [0.2, 0.25) is 0 Å². The van der Waals surface area contributed by atoms with Crippen molar-refractivity contribution < 1.29 is 0 Å². The minimum Gasteiger partial charge on any atom is -0.309 e. The Kier molecular flexibility index (Phi) is 4.34. The van der Waals surface area contributed by atoms with Crippen LogP contribution in [0.25, 0.3) is 12.2 Å². The predicted octanol–water partition coefficient (Wildman–Crippen LogP) is 0.956. The Balaban J connectivity index is 1.85. The molecule has 1 aliphatic heterocycles. The van der Waals surface area contributed by atoms with Gasteiger partial charge in [0.15, 0.2) is 0 Å². The van der Waals surface area contributed by atoms with E-state index < -0.39 is 0 Å². The number of nitrogens with two attached hydrogens (primary N) is 1. The van der Waals surface area contributed by atoms with Crippen molar-refractivity contribution in [2.24, 2.45) is 29.2 Å². The number of nitrogens with zero attached hydrogens (tertiary/aromatic N) is 3. The van der Waals surface area contributed by atoms with Gasteiger partial charge in [0.25, 0.3) is 0 Å². The molecule has 6 heteroatoms. The van der Waals surface area contributed by atoms with Gasteiger partial charge in [-0.1, -0.05) is 42.0 Å². The average Bonchev–Trinajstić information content (AvgIpc) is 3.10. The molecule has 0 fully saturated rings. The highest BCUT2D eigenvalue weighted by molar-refractivity contribution is 6.06. The van der Waals surface area contributed by atoms with Crippen molar-refractivity contribution in [2.75, 3.05) is 0 Å². The zero-order valence-electron chi connectivity index (χ0n) is 17.2. The van der Waals surface area contributed by atoms with E-state index >= 15 is 0 Å². The lowest BCUT2D eigenvalue weighted by Crippen LogP contribution is -2.52. The zero-order chi connectivity index (χ0) is 20.2. The van der Waals surface area contributed by atoms with Crippen molar-refractivity contribution >= 4 is 17.9 Å². The first kappa shape index (κ1) is 18.7. The van der Waals surface area contributed by atoms with Gasteiger partial charge in [-0.15, -0.1) is 0 Å². The van der Waals surface area contributed by atoms with Crippen LogP contribution in [0.2, 0.25) is 0 Å². The normalized spacial score (nSPS) is 26.3. The van der Waals surface area contributed by atoms with Gasteiger partial charge in [0.05, 0.1) is 21.8 Å². The third-order valence-electron chi connectivity index (χ3n) is 6.35. The monoisotopic (exact) mass is 379 g/mol. The van der Waals surface area contributed by atoms with Crippen molar-refractivity contribution in [3.63, 3.8) is 0 Å². The number of hydrazone groups is 1. The Morgan fingerprint density at radius 1 is 1.32 bits per heavy atom. The van der Waals surface area contributed by atoms with E-state index in [0.717, 1.165) is 28.4 Å². The molecule has 1 aliphatic carbocycles. The Labute approximate surface area is 165 Å². The highest BCUT2D eigenvalue weighted by Crippen LogP contribution is 2.40. The Morgan fingerprint density at radius 3 is 2.75 bits per heavy atom. The molecule has 28 heavy (non-hydrogen) atoms. The van der Waals surface area contributed by atoms with Crippen molar-refractivity contribution in [3.8, 4) is 0 Å². The summed E-state index contributed by atoms with van der Waals surface area (Å²) in [6.07, 6.45) is 4.93. The third kappa shape index (κ3) is 2.58. The second-order valence-corrected chi connectivity index (χ2v) is 8.51. The molecule has 0 saturated carbocycles. The maximum absolute atomic E-state index is 12.7. The van der Waals surface area contributed by atoms with Crippen LogP contribution in [-0.4, -0.2) is 21.0 Å². The Hall–Kier alpha value is -2.60. The number of aryl methyl sites for hydroxylation is 1. The molecule has 0 saturated heterocycles. The number of hydrogen-bond acceptors (Lipinski definition) is 4. The van der Waals surface area contributed by atoms with E-state index in [0.29, 0.717) is 0 Å². The van der Waals surface area contributed by atoms with Gasteiger partial charge < -0.3 is 5.73 Å². The van der Waals surface area contributed by atoms with E-state index in [1.165, 1.54) is 5.56 Å². The quantitative estimate of drug-likeness (QED) is 0.834. The van der Waals surface area contributed by atoms with Gasteiger partial charge in [-0.25, -0.2) is 4.79 Å². The summed E-state index contributed by atoms with van der Waals surface area (Å²) in [7, 11) is 1.84. The SMILES string of the molecule is Cc1cccc(C2=NNC(N)C2(C)C2C=c3c(n(C(C)C)c(=O)n3C)=CC2)c1. The van der Waals surface area contributed by atoms with Crippen LogP contribution < -0.4 is 27.5 Å². The third-order valence-corrected chi connectivity index (χ3v) is 6.35. The fourth-order valence-corrected chi connectivity index (χ4v) is 4.59. The minimum atomic E-state index is -0.377. The first-order valence-corrected chi connectivity index (χ1v) is 9.90. The Morgan fingerprint density at radius 2 is 2.07 bits per heavy atom. The lowest BCUT2D eigenvalue weighted by molar-refractivity contribution is 0.283. The van der Waals surface area contributed by atoms with Crippen LogP contribution in [0.5, 0.6) is 0 Å². The molecular weight excluding hydrogens is 350 g/mol. The van der Waals surface area contributed by atoms with Gasteiger partial charge >= 0.3 is 5.69 Å². The number of nitrogens with one attached hydrogen (secondary N) is 1. The maximum Gasteiger partial charge on any atom is 0.329 e. The van der Waals surface area contributed by atoms with Crippen molar-refractivity contribution in [1.29, 1.82) is 0 Å². The van der Waals surface area contributed by atoms with Crippen molar-refractivity contribution in [2.45, 2.75) is 46.3 Å². The number of benzene rings is 1. The molecule has 2 aromatic rings. The van der Waals surface area contributed by atoms with Crippen LogP contribution in [0.3, 0.4) is 0 Å². The summed E-state index contributed by atoms with van der Waals surface area (Å²) >= 11 is 0. The molecule has 148 valence electrons. The van der Waals surface area contributed by atoms with E-state index in [1.54, 1.807) is 4.57 Å². The van der Waals surface area contributed by atoms with Gasteiger partial charge in [-0.3, -0.25) is 14.6 Å². The first-order chi connectivity index (χ1) is 13.2. The van der Waals surface area contributed by atoms with Crippen LogP contribution in [0.1, 0.15) is 44.4 Å². The van der Waals surface area contributed by atoms with Crippen LogP contribution in [0, 0.1) is 18.3 Å². The van der Waals surface area contributed by atoms with Gasteiger partial charge in [0.1, 0.15) is 6.17 Å². The number of hydrogen-bond donors (Lipinski definition) is 2. The topological polar surface area (TPSA) is 77.3 Å². The summed E-state index contributed by atoms with van der Waals surface area (Å²) in [4.78, 5) is 12.7. The molecule has 0 bridgehead atoms. The number of rotatable bonds is 3. The predicted molar refractivity (Wildman–Crippen MR) is 113 cm³/mol. The largest absolute Gasteiger partial charge is 0.329 e. The van der Waals surface area contributed by atoms with Crippen molar-refractivity contribution in [3.05, 3.63) is 56.6 Å². The first-order valence-electron chi connectivity index (χ1n) is 9.90. The molecule has 1 aromatic carbocycles.